The van der Waals surface area contributed by atoms with Gasteiger partial charge in [0.25, 0.3) is 0 Å². The van der Waals surface area contributed by atoms with Crippen LogP contribution >= 0.6 is 0 Å². The number of rotatable bonds is 2. The van der Waals surface area contributed by atoms with Crippen LogP contribution in [-0.4, -0.2) is 3.21 Å². The van der Waals surface area contributed by atoms with Crippen LogP contribution in [0.25, 0.3) is 0 Å². The molecule has 0 N–H and O–H groups in total. The van der Waals surface area contributed by atoms with Crippen LogP contribution in [0.4, 0.5) is 0 Å². The van der Waals surface area contributed by atoms with Crippen LogP contribution in [0.1, 0.15) is 37.8 Å². The average molecular weight is 416 g/mol. The second kappa shape index (κ2) is 11.7. The molecule has 4 rings (SSSR count). The van der Waals surface area contributed by atoms with Gasteiger partial charge in [0.15, 0.2) is 0 Å². The third-order valence-corrected chi connectivity index (χ3v) is 5.28. The fourth-order valence-electron chi connectivity index (χ4n) is 2.41. The van der Waals surface area contributed by atoms with Gasteiger partial charge in [0.05, 0.1) is 0 Å². The molecule has 2 aromatic rings. The molecule has 0 aliphatic heterocycles. The molecule has 0 saturated carbocycles. The molecule has 0 radical (unpaired) electrons. The van der Waals surface area contributed by atoms with Gasteiger partial charge in [-0.1, -0.05) is 13.8 Å². The first-order valence-electron chi connectivity index (χ1n) is 8.84. The quantitative estimate of drug-likeness (QED) is 0.513. The van der Waals surface area contributed by atoms with Gasteiger partial charge in [-0.05, 0) is 0 Å². The third kappa shape index (κ3) is 7.58. The molecule has 0 nitrogen and oxygen atoms in total. The van der Waals surface area contributed by atoms with Crippen molar-refractivity contribution in [3.63, 3.8) is 0 Å². The Morgan fingerprint density at radius 2 is 1.08 bits per heavy atom. The van der Waals surface area contributed by atoms with Crippen molar-refractivity contribution in [2.75, 3.05) is 0 Å². The van der Waals surface area contributed by atoms with Gasteiger partial charge in [0, 0.05) is 0 Å². The molecule has 0 unspecified atom stereocenters. The van der Waals surface area contributed by atoms with Crippen LogP contribution in [0.3, 0.4) is 0 Å². The van der Waals surface area contributed by atoms with E-state index < -0.39 is 0 Å². The zero-order chi connectivity index (χ0) is 18.6. The molecule has 0 heterocycles. The Kier molecular flexibility index (Phi) is 9.22. The predicted molar refractivity (Wildman–Crippen MR) is 108 cm³/mol. The molecule has 0 spiro atoms. The molecular formula is C25H24Zr. The topological polar surface area (TPSA) is 0 Å². The molecule has 2 aromatic carbocycles. The molecule has 0 fully saturated rings. The first-order chi connectivity index (χ1) is 12.7. The van der Waals surface area contributed by atoms with Crippen LogP contribution < -0.4 is 0 Å². The Morgan fingerprint density at radius 1 is 0.692 bits per heavy atom. The second-order valence-electron chi connectivity index (χ2n) is 6.04. The average Bonchev–Trinajstić information content (AvgIpc) is 3.37. The van der Waals surface area contributed by atoms with E-state index in [1.54, 1.807) is 0 Å². The van der Waals surface area contributed by atoms with Gasteiger partial charge in [-0.3, -0.25) is 12.2 Å². The molecule has 0 saturated heterocycles. The van der Waals surface area contributed by atoms with Crippen molar-refractivity contribution in [3.05, 3.63) is 119 Å². The summed E-state index contributed by atoms with van der Waals surface area (Å²) in [7, 11) is 0. The van der Waals surface area contributed by atoms with Crippen LogP contribution in [0.15, 0.2) is 96.1 Å². The zero-order valence-corrected chi connectivity index (χ0v) is 18.0. The summed E-state index contributed by atoms with van der Waals surface area (Å²) in [5, 5.41) is 0. The second-order valence-corrected chi connectivity index (χ2v) is 7.27. The predicted octanol–water partition coefficient (Wildman–Crippen LogP) is 6.19. The molecule has 0 aromatic heterocycles. The van der Waals surface area contributed by atoms with Gasteiger partial charge >= 0.3 is 99.2 Å². The monoisotopic (exact) mass is 414 g/mol. The summed E-state index contributed by atoms with van der Waals surface area (Å²) in [6.07, 6.45) is 16.7. The summed E-state index contributed by atoms with van der Waals surface area (Å²) in [6, 6.07) is 21.1. The number of hydrogen-bond donors (Lipinski definition) is 0. The summed E-state index contributed by atoms with van der Waals surface area (Å²) >= 11 is 1.46. The third-order valence-electron chi connectivity index (χ3n) is 3.86. The Labute approximate surface area is 173 Å². The number of allylic oxidation sites excluding steroid dienone is 8. The van der Waals surface area contributed by atoms with Crippen molar-refractivity contribution in [1.29, 1.82) is 0 Å². The minimum atomic E-state index is 1.02. The summed E-state index contributed by atoms with van der Waals surface area (Å²) < 4.78 is 1.42. The molecule has 1 heteroatoms. The fourth-order valence-corrected chi connectivity index (χ4v) is 3.22. The summed E-state index contributed by atoms with van der Waals surface area (Å²) in [5.41, 5.74) is 5.21. The van der Waals surface area contributed by atoms with E-state index >= 15 is 0 Å². The Morgan fingerprint density at radius 3 is 1.31 bits per heavy atom. The van der Waals surface area contributed by atoms with Crippen molar-refractivity contribution < 1.29 is 24.2 Å². The van der Waals surface area contributed by atoms with Crippen molar-refractivity contribution in [2.24, 2.45) is 0 Å². The van der Waals surface area contributed by atoms with E-state index in [2.05, 4.69) is 111 Å². The molecule has 2 aliphatic carbocycles. The Bertz CT molecular complexity index is 731. The van der Waals surface area contributed by atoms with E-state index in [4.69, 9.17) is 0 Å². The Balaban J connectivity index is 0.000000166. The van der Waals surface area contributed by atoms with Gasteiger partial charge in [-0.2, -0.15) is 12.2 Å². The van der Waals surface area contributed by atoms with Gasteiger partial charge < -0.3 is 0 Å². The SMILES string of the molecule is CC1=[C-]CC=C1.CC1=[C-]CC=C1.[Zr+2]=[C](c1ccccc1)c1ccccc1. The van der Waals surface area contributed by atoms with Crippen LogP contribution in [-0.2, 0) is 24.2 Å². The molecule has 26 heavy (non-hydrogen) atoms. The van der Waals surface area contributed by atoms with E-state index in [0.29, 0.717) is 0 Å². The van der Waals surface area contributed by atoms with E-state index in [9.17, 15) is 0 Å². The van der Waals surface area contributed by atoms with Crippen molar-refractivity contribution in [2.45, 2.75) is 26.7 Å². The molecular weight excluding hydrogens is 391 g/mol. The van der Waals surface area contributed by atoms with E-state index in [0.717, 1.165) is 12.8 Å². The minimum absolute atomic E-state index is 1.02. The van der Waals surface area contributed by atoms with Crippen molar-refractivity contribution in [1.82, 2.24) is 0 Å². The van der Waals surface area contributed by atoms with Crippen LogP contribution in [0, 0.1) is 12.2 Å². The van der Waals surface area contributed by atoms with Gasteiger partial charge in [0.1, 0.15) is 0 Å². The normalized spacial score (nSPS) is 13.8. The van der Waals surface area contributed by atoms with Gasteiger partial charge in [-0.25, -0.2) is 23.3 Å². The van der Waals surface area contributed by atoms with E-state index in [-0.39, 0.29) is 0 Å². The molecule has 0 atom stereocenters. The standard InChI is InChI=1S/C13H10.2C6H7.Zr/c1-3-7-12(8-4-1)11-13-9-5-2-6-10-13;2*1-6-4-2-3-5-6;/h1-10H;2*2,4H,3H2,1H3;/q;2*-1;+2. The van der Waals surface area contributed by atoms with Crippen molar-refractivity contribution in [3.8, 4) is 0 Å². The van der Waals surface area contributed by atoms with E-state index in [1.807, 2.05) is 0 Å². The zero-order valence-electron chi connectivity index (χ0n) is 15.5. The molecule has 0 bridgehead atoms. The molecule has 2 aliphatic rings. The fraction of sp³-hybridized carbons (Fsp3) is 0.160. The maximum absolute atomic E-state index is 3.12. The van der Waals surface area contributed by atoms with Crippen molar-refractivity contribution >= 4 is 3.21 Å². The number of hydrogen-bond acceptors (Lipinski definition) is 0. The van der Waals surface area contributed by atoms with Gasteiger partial charge in [0.2, 0.25) is 0 Å². The first kappa shape index (κ1) is 20.5. The van der Waals surface area contributed by atoms with E-state index in [1.165, 1.54) is 49.7 Å². The van der Waals surface area contributed by atoms with Gasteiger partial charge in [-0.15, -0.1) is 12.8 Å². The van der Waals surface area contributed by atoms with Crippen LogP contribution in [0.5, 0.6) is 0 Å². The van der Waals surface area contributed by atoms with Crippen LogP contribution in [0.2, 0.25) is 0 Å². The summed E-state index contributed by atoms with van der Waals surface area (Å²) in [5.74, 6) is 0. The molecule has 128 valence electrons. The maximum atomic E-state index is 3.12. The first-order valence-corrected chi connectivity index (χ1v) is 10.1. The Hall–Kier alpha value is -1.85. The summed E-state index contributed by atoms with van der Waals surface area (Å²) in [4.78, 5) is 0. The summed E-state index contributed by atoms with van der Waals surface area (Å²) in [6.45, 7) is 4.12. The molecule has 0 amide bonds. The number of benzene rings is 2.